The number of anilines is 1. The van der Waals surface area contributed by atoms with E-state index in [9.17, 15) is 4.79 Å². The summed E-state index contributed by atoms with van der Waals surface area (Å²) >= 11 is 5.78. The van der Waals surface area contributed by atoms with Crippen LogP contribution in [0.2, 0.25) is 0 Å². The van der Waals surface area contributed by atoms with Gasteiger partial charge in [-0.2, -0.15) is 0 Å². The Bertz CT molecular complexity index is 1060. The van der Waals surface area contributed by atoms with Crippen LogP contribution in [-0.4, -0.2) is 52.0 Å². The normalized spacial score (nSPS) is 16.7. The molecule has 1 N–H and O–H groups in total. The van der Waals surface area contributed by atoms with Crippen LogP contribution in [-0.2, 0) is 6.42 Å². The van der Waals surface area contributed by atoms with Crippen molar-refractivity contribution in [1.29, 1.82) is 0 Å². The number of aryl methyl sites for hydroxylation is 3. The number of amides is 1. The number of thiocarbonyl (C=S) groups is 1. The van der Waals surface area contributed by atoms with Gasteiger partial charge in [-0.3, -0.25) is 9.78 Å². The van der Waals surface area contributed by atoms with Crippen LogP contribution >= 0.6 is 12.2 Å². The molecule has 0 atom stereocenters. The van der Waals surface area contributed by atoms with Gasteiger partial charge in [-0.15, -0.1) is 0 Å². The van der Waals surface area contributed by atoms with Gasteiger partial charge in [0, 0.05) is 43.5 Å². The van der Waals surface area contributed by atoms with Crippen molar-refractivity contribution in [2.24, 2.45) is 0 Å². The van der Waals surface area contributed by atoms with Crippen molar-refractivity contribution < 1.29 is 4.79 Å². The van der Waals surface area contributed by atoms with Crippen molar-refractivity contribution in [2.75, 3.05) is 31.5 Å². The van der Waals surface area contributed by atoms with E-state index in [-0.39, 0.29) is 11.8 Å². The highest BCUT2D eigenvalue weighted by molar-refractivity contribution is 7.80. The first-order valence-electron chi connectivity index (χ1n) is 12.0. The summed E-state index contributed by atoms with van der Waals surface area (Å²) in [4.78, 5) is 22.3. The molecule has 2 aromatic rings. The smallest absolute Gasteiger partial charge is 0.256 e. The molecule has 1 amide bonds. The molecule has 1 fully saturated rings. The summed E-state index contributed by atoms with van der Waals surface area (Å²) in [6.07, 6.45) is 7.99. The molecule has 0 saturated carbocycles. The monoisotopic (exact) mass is 462 g/mol. The Morgan fingerprint density at radius 2 is 1.88 bits per heavy atom. The molecular weight excluding hydrogens is 428 g/mol. The molecule has 2 aliphatic heterocycles. The maximum absolute atomic E-state index is 13.3. The van der Waals surface area contributed by atoms with Crippen LogP contribution in [0.4, 0.5) is 5.69 Å². The molecule has 0 spiro atoms. The Morgan fingerprint density at radius 3 is 2.58 bits per heavy atom. The molecule has 1 aromatic carbocycles. The number of nitrogens with zero attached hydrogens (tertiary/aromatic N) is 3. The lowest BCUT2D eigenvalue weighted by atomic mass is 9.89. The number of benzene rings is 1. The molecule has 33 heavy (non-hydrogen) atoms. The van der Waals surface area contributed by atoms with Crippen molar-refractivity contribution in [3.63, 3.8) is 0 Å². The molecule has 5 nitrogen and oxygen atoms in total. The number of hydrogen-bond donors (Lipinski definition) is 1. The Kier molecular flexibility index (Phi) is 7.43. The predicted molar refractivity (Wildman–Crippen MR) is 139 cm³/mol. The van der Waals surface area contributed by atoms with Crippen molar-refractivity contribution >= 4 is 28.9 Å². The molecule has 0 radical (unpaired) electrons. The number of carbonyl (C=O) groups excluding carboxylic acids is 1. The molecule has 1 saturated heterocycles. The topological polar surface area (TPSA) is 48.5 Å². The highest BCUT2D eigenvalue weighted by Crippen LogP contribution is 2.31. The zero-order valence-corrected chi connectivity index (χ0v) is 20.8. The highest BCUT2D eigenvalue weighted by Gasteiger charge is 2.29. The first-order valence-corrected chi connectivity index (χ1v) is 12.4. The van der Waals surface area contributed by atoms with E-state index in [1.54, 1.807) is 0 Å². The number of carbonyl (C=O) groups is 1. The molecule has 0 bridgehead atoms. The van der Waals surface area contributed by atoms with Crippen LogP contribution in [0.1, 0.15) is 65.0 Å². The predicted octanol–water partition coefficient (Wildman–Crippen LogP) is 5.24. The minimum Gasteiger partial charge on any atom is -0.349 e. The van der Waals surface area contributed by atoms with Gasteiger partial charge < -0.3 is 15.1 Å². The third-order valence-electron chi connectivity index (χ3n) is 6.78. The maximum atomic E-state index is 13.3. The zero-order chi connectivity index (χ0) is 23.4. The Labute approximate surface area is 202 Å². The van der Waals surface area contributed by atoms with Crippen LogP contribution in [0.5, 0.6) is 0 Å². The molecule has 0 unspecified atom stereocenters. The van der Waals surface area contributed by atoms with Crippen LogP contribution in [0.3, 0.4) is 0 Å². The standard InChI is InChI=1S/C27H34N4OS/c1-4-21-10-8-9-19(2)24(21)29-27(33)31-17-13-22(14-18-31)25-23(12-11-20(3)28-25)26(32)30-15-6-5-7-16-30/h5-6,8-12,22H,4,7,13-18H2,1-3H3,(H,29,33). The number of piperidine rings is 1. The fraction of sp³-hybridized carbons (Fsp3) is 0.444. The van der Waals surface area contributed by atoms with E-state index in [4.69, 9.17) is 17.2 Å². The van der Waals surface area contributed by atoms with Crippen LogP contribution in [0.25, 0.3) is 0 Å². The van der Waals surface area contributed by atoms with Gasteiger partial charge in [0.15, 0.2) is 5.11 Å². The summed E-state index contributed by atoms with van der Waals surface area (Å²) in [6.45, 7) is 9.48. The maximum Gasteiger partial charge on any atom is 0.256 e. The van der Waals surface area contributed by atoms with Crippen LogP contribution < -0.4 is 5.32 Å². The average Bonchev–Trinajstić information content (AvgIpc) is 2.85. The minimum atomic E-state index is 0.105. The van der Waals surface area contributed by atoms with Gasteiger partial charge in [0.25, 0.3) is 5.91 Å². The Hall–Kier alpha value is -2.73. The summed E-state index contributed by atoms with van der Waals surface area (Å²) in [7, 11) is 0. The largest absolute Gasteiger partial charge is 0.349 e. The lowest BCUT2D eigenvalue weighted by Crippen LogP contribution is -2.41. The SMILES string of the molecule is CCc1cccc(C)c1NC(=S)N1CCC(c2nc(C)ccc2C(=O)N2CC=CCC2)CC1. The summed E-state index contributed by atoms with van der Waals surface area (Å²) in [5.74, 6) is 0.376. The number of likely N-dealkylation sites (tertiary alicyclic amines) is 1. The fourth-order valence-corrected chi connectivity index (χ4v) is 5.09. The van der Waals surface area contributed by atoms with E-state index in [1.807, 2.05) is 24.0 Å². The molecule has 0 aliphatic carbocycles. The number of para-hydroxylation sites is 1. The second kappa shape index (κ2) is 10.5. The number of nitrogens with one attached hydrogen (secondary N) is 1. The fourth-order valence-electron chi connectivity index (χ4n) is 4.81. The van der Waals surface area contributed by atoms with Gasteiger partial charge in [-0.25, -0.2) is 0 Å². The van der Waals surface area contributed by atoms with E-state index in [0.717, 1.165) is 73.1 Å². The highest BCUT2D eigenvalue weighted by atomic mass is 32.1. The molecule has 1 aromatic heterocycles. The van der Waals surface area contributed by atoms with Gasteiger partial charge in [-0.1, -0.05) is 37.3 Å². The average molecular weight is 463 g/mol. The van der Waals surface area contributed by atoms with Crippen LogP contribution in [0, 0.1) is 13.8 Å². The van der Waals surface area contributed by atoms with E-state index >= 15 is 0 Å². The first kappa shape index (κ1) is 23.4. The number of aromatic nitrogens is 1. The summed E-state index contributed by atoms with van der Waals surface area (Å²) in [5.41, 5.74) is 6.32. The van der Waals surface area contributed by atoms with E-state index in [2.05, 4.69) is 54.4 Å². The molecular formula is C27H34N4OS. The van der Waals surface area contributed by atoms with E-state index < -0.39 is 0 Å². The quantitative estimate of drug-likeness (QED) is 0.497. The van der Waals surface area contributed by atoms with Crippen molar-refractivity contribution in [1.82, 2.24) is 14.8 Å². The van der Waals surface area contributed by atoms with Gasteiger partial charge in [0.2, 0.25) is 0 Å². The summed E-state index contributed by atoms with van der Waals surface area (Å²) < 4.78 is 0. The Balaban J connectivity index is 1.45. The number of rotatable bonds is 4. The lowest BCUT2D eigenvalue weighted by Gasteiger charge is -2.35. The molecule has 6 heteroatoms. The molecule has 4 rings (SSSR count). The molecule has 3 heterocycles. The Morgan fingerprint density at radius 1 is 1.09 bits per heavy atom. The first-order chi connectivity index (χ1) is 16.0. The third kappa shape index (κ3) is 5.27. The van der Waals surface area contributed by atoms with Gasteiger partial charge in [-0.05, 0) is 75.0 Å². The lowest BCUT2D eigenvalue weighted by molar-refractivity contribution is 0.0768. The third-order valence-corrected chi connectivity index (χ3v) is 7.14. The second-order valence-corrected chi connectivity index (χ2v) is 9.44. The van der Waals surface area contributed by atoms with Crippen molar-refractivity contribution in [3.05, 3.63) is 70.6 Å². The van der Waals surface area contributed by atoms with Crippen molar-refractivity contribution in [3.8, 4) is 0 Å². The van der Waals surface area contributed by atoms with Crippen molar-refractivity contribution in [2.45, 2.75) is 52.4 Å². The molecule has 2 aliphatic rings. The number of hydrogen-bond acceptors (Lipinski definition) is 3. The van der Waals surface area contributed by atoms with Gasteiger partial charge >= 0.3 is 0 Å². The number of pyridine rings is 1. The van der Waals surface area contributed by atoms with E-state index in [0.29, 0.717) is 6.54 Å². The minimum absolute atomic E-state index is 0.105. The van der Waals surface area contributed by atoms with Crippen LogP contribution in [0.15, 0.2) is 42.5 Å². The summed E-state index contributed by atoms with van der Waals surface area (Å²) in [6, 6.07) is 10.3. The van der Waals surface area contributed by atoms with Gasteiger partial charge in [0.05, 0.1) is 11.3 Å². The molecule has 174 valence electrons. The second-order valence-electron chi connectivity index (χ2n) is 9.05. The summed E-state index contributed by atoms with van der Waals surface area (Å²) in [5, 5.41) is 4.29. The van der Waals surface area contributed by atoms with E-state index in [1.165, 1.54) is 11.1 Å². The van der Waals surface area contributed by atoms with Gasteiger partial charge in [0.1, 0.15) is 0 Å². The zero-order valence-electron chi connectivity index (χ0n) is 19.9.